The molecule has 1 atom stereocenters. The predicted octanol–water partition coefficient (Wildman–Crippen LogP) is 4.80. The van der Waals surface area contributed by atoms with Crippen LogP contribution in [0.4, 0.5) is 4.39 Å². The standard InChI is InChI=1S/C15H14Br2FNO/c1-2-20-10-4-6-12(14(17)8-10)15(19)11-5-3-9(18)7-13(11)16/h3-8,15H,2,19H2,1H3. The summed E-state index contributed by atoms with van der Waals surface area (Å²) >= 11 is 6.85. The molecule has 0 saturated carbocycles. The van der Waals surface area contributed by atoms with Gasteiger partial charge in [0.15, 0.2) is 0 Å². The van der Waals surface area contributed by atoms with Gasteiger partial charge in [0.05, 0.1) is 12.6 Å². The van der Waals surface area contributed by atoms with Gasteiger partial charge >= 0.3 is 0 Å². The summed E-state index contributed by atoms with van der Waals surface area (Å²) in [5.41, 5.74) is 8.02. The molecule has 1 unspecified atom stereocenters. The van der Waals surface area contributed by atoms with Crippen molar-refractivity contribution < 1.29 is 9.13 Å². The van der Waals surface area contributed by atoms with E-state index in [9.17, 15) is 4.39 Å². The molecule has 2 aromatic rings. The third-order valence-electron chi connectivity index (χ3n) is 2.92. The lowest BCUT2D eigenvalue weighted by atomic mass is 9.99. The summed E-state index contributed by atoms with van der Waals surface area (Å²) < 4.78 is 20.1. The Morgan fingerprint density at radius 1 is 1.10 bits per heavy atom. The van der Waals surface area contributed by atoms with E-state index < -0.39 is 0 Å². The number of nitrogens with two attached hydrogens (primary N) is 1. The van der Waals surface area contributed by atoms with Crippen LogP contribution >= 0.6 is 31.9 Å². The van der Waals surface area contributed by atoms with E-state index in [0.717, 1.165) is 21.3 Å². The van der Waals surface area contributed by atoms with Gasteiger partial charge in [-0.15, -0.1) is 0 Å². The monoisotopic (exact) mass is 401 g/mol. The van der Waals surface area contributed by atoms with Crippen molar-refractivity contribution in [1.82, 2.24) is 0 Å². The normalized spacial score (nSPS) is 12.2. The highest BCUT2D eigenvalue weighted by Gasteiger charge is 2.16. The summed E-state index contributed by atoms with van der Waals surface area (Å²) in [7, 11) is 0. The Morgan fingerprint density at radius 3 is 2.25 bits per heavy atom. The van der Waals surface area contributed by atoms with Crippen LogP contribution in [0, 0.1) is 5.82 Å². The molecule has 0 fully saturated rings. The van der Waals surface area contributed by atoms with Crippen LogP contribution in [0.1, 0.15) is 24.1 Å². The fourth-order valence-corrected chi connectivity index (χ4v) is 3.14. The summed E-state index contributed by atoms with van der Waals surface area (Å²) in [5.74, 6) is 0.493. The minimum absolute atomic E-state index is 0.293. The van der Waals surface area contributed by atoms with Crippen molar-refractivity contribution in [3.05, 3.63) is 62.3 Å². The van der Waals surface area contributed by atoms with Gasteiger partial charge < -0.3 is 10.5 Å². The molecule has 0 spiro atoms. The maximum Gasteiger partial charge on any atom is 0.124 e. The minimum Gasteiger partial charge on any atom is -0.494 e. The summed E-state index contributed by atoms with van der Waals surface area (Å²) in [6.07, 6.45) is 0. The van der Waals surface area contributed by atoms with Crippen molar-refractivity contribution in [2.24, 2.45) is 5.73 Å². The Kier molecular flexibility index (Phi) is 5.18. The van der Waals surface area contributed by atoms with Crippen LogP contribution in [0.3, 0.4) is 0 Å². The number of benzene rings is 2. The smallest absolute Gasteiger partial charge is 0.124 e. The van der Waals surface area contributed by atoms with Gasteiger partial charge in [-0.1, -0.05) is 44.0 Å². The van der Waals surface area contributed by atoms with Gasteiger partial charge in [-0.05, 0) is 42.3 Å². The van der Waals surface area contributed by atoms with Gasteiger partial charge in [0.25, 0.3) is 0 Å². The van der Waals surface area contributed by atoms with Crippen LogP contribution in [0.5, 0.6) is 5.75 Å². The molecule has 2 aromatic carbocycles. The molecule has 0 heterocycles. The lowest BCUT2D eigenvalue weighted by Gasteiger charge is -2.17. The first-order chi connectivity index (χ1) is 9.52. The zero-order valence-corrected chi connectivity index (χ0v) is 14.0. The molecule has 106 valence electrons. The van der Waals surface area contributed by atoms with Gasteiger partial charge in [0, 0.05) is 8.95 Å². The van der Waals surface area contributed by atoms with Gasteiger partial charge in [-0.2, -0.15) is 0 Å². The molecule has 0 bridgehead atoms. The highest BCUT2D eigenvalue weighted by molar-refractivity contribution is 9.10. The zero-order valence-electron chi connectivity index (χ0n) is 10.9. The Labute approximate surface area is 134 Å². The first kappa shape index (κ1) is 15.5. The highest BCUT2D eigenvalue weighted by atomic mass is 79.9. The third-order valence-corrected chi connectivity index (χ3v) is 4.29. The molecule has 2 N–H and O–H groups in total. The number of rotatable bonds is 4. The average molecular weight is 403 g/mol. The molecule has 2 nitrogen and oxygen atoms in total. The number of hydrogen-bond acceptors (Lipinski definition) is 2. The first-order valence-electron chi connectivity index (χ1n) is 6.15. The van der Waals surface area contributed by atoms with Gasteiger partial charge in [0.1, 0.15) is 11.6 Å². The maximum atomic E-state index is 13.1. The second-order valence-electron chi connectivity index (χ2n) is 4.26. The fourth-order valence-electron chi connectivity index (χ4n) is 1.94. The van der Waals surface area contributed by atoms with Crippen LogP contribution in [0.15, 0.2) is 45.3 Å². The summed E-state index contributed by atoms with van der Waals surface area (Å²) in [5, 5.41) is 0. The average Bonchev–Trinajstić information content (AvgIpc) is 2.38. The van der Waals surface area contributed by atoms with Gasteiger partial charge in [0.2, 0.25) is 0 Å². The molecular weight excluding hydrogens is 389 g/mol. The predicted molar refractivity (Wildman–Crippen MR) is 85.4 cm³/mol. The third kappa shape index (κ3) is 3.40. The van der Waals surface area contributed by atoms with Crippen LogP contribution in [-0.4, -0.2) is 6.61 Å². The first-order valence-corrected chi connectivity index (χ1v) is 7.74. The van der Waals surface area contributed by atoms with E-state index in [0.29, 0.717) is 11.1 Å². The second-order valence-corrected chi connectivity index (χ2v) is 5.97. The molecule has 20 heavy (non-hydrogen) atoms. The van der Waals surface area contributed by atoms with Crippen molar-refractivity contribution in [2.75, 3.05) is 6.61 Å². The van der Waals surface area contributed by atoms with Crippen molar-refractivity contribution in [1.29, 1.82) is 0 Å². The summed E-state index contributed by atoms with van der Waals surface area (Å²) in [6, 6.07) is 9.83. The molecule has 0 radical (unpaired) electrons. The minimum atomic E-state index is -0.352. The van der Waals surface area contributed by atoms with E-state index in [1.54, 1.807) is 6.07 Å². The van der Waals surface area contributed by atoms with Crippen LogP contribution in [0.25, 0.3) is 0 Å². The topological polar surface area (TPSA) is 35.2 Å². The maximum absolute atomic E-state index is 13.1. The molecule has 0 aromatic heterocycles. The molecular formula is C15H14Br2FNO. The Hall–Kier alpha value is -0.910. The van der Waals surface area contributed by atoms with Gasteiger partial charge in [-0.25, -0.2) is 4.39 Å². The molecule has 2 rings (SSSR count). The van der Waals surface area contributed by atoms with E-state index in [4.69, 9.17) is 10.5 Å². The quantitative estimate of drug-likeness (QED) is 0.797. The van der Waals surface area contributed by atoms with Crippen LogP contribution < -0.4 is 10.5 Å². The van der Waals surface area contributed by atoms with Crippen molar-refractivity contribution in [3.8, 4) is 5.75 Å². The van der Waals surface area contributed by atoms with E-state index >= 15 is 0 Å². The van der Waals surface area contributed by atoms with Crippen molar-refractivity contribution in [3.63, 3.8) is 0 Å². The Balaban J connectivity index is 2.35. The second kappa shape index (κ2) is 6.70. The lowest BCUT2D eigenvalue weighted by Crippen LogP contribution is -2.13. The summed E-state index contributed by atoms with van der Waals surface area (Å²) in [6.45, 7) is 2.55. The molecule has 0 saturated heterocycles. The van der Waals surface area contributed by atoms with E-state index in [-0.39, 0.29) is 11.9 Å². The Morgan fingerprint density at radius 2 is 1.70 bits per heavy atom. The SMILES string of the molecule is CCOc1ccc(C(N)c2ccc(F)cc2Br)c(Br)c1. The Bertz CT molecular complexity index is 619. The number of halogens is 3. The van der Waals surface area contributed by atoms with Crippen LogP contribution in [0.2, 0.25) is 0 Å². The largest absolute Gasteiger partial charge is 0.494 e. The molecule has 5 heteroatoms. The van der Waals surface area contributed by atoms with E-state index in [2.05, 4.69) is 31.9 Å². The fraction of sp³-hybridized carbons (Fsp3) is 0.200. The van der Waals surface area contributed by atoms with E-state index in [1.165, 1.54) is 12.1 Å². The molecule has 0 aliphatic heterocycles. The van der Waals surface area contributed by atoms with Gasteiger partial charge in [-0.3, -0.25) is 0 Å². The lowest BCUT2D eigenvalue weighted by molar-refractivity contribution is 0.340. The van der Waals surface area contributed by atoms with Crippen molar-refractivity contribution >= 4 is 31.9 Å². The zero-order chi connectivity index (χ0) is 14.7. The van der Waals surface area contributed by atoms with Crippen molar-refractivity contribution in [2.45, 2.75) is 13.0 Å². The van der Waals surface area contributed by atoms with E-state index in [1.807, 2.05) is 25.1 Å². The van der Waals surface area contributed by atoms with Crippen LogP contribution in [-0.2, 0) is 0 Å². The molecule has 0 aliphatic carbocycles. The number of hydrogen-bond donors (Lipinski definition) is 1. The summed E-state index contributed by atoms with van der Waals surface area (Å²) in [4.78, 5) is 0. The molecule has 0 aliphatic rings. The highest BCUT2D eigenvalue weighted by Crippen LogP contribution is 2.33. The number of ether oxygens (including phenoxy) is 1. The molecule has 0 amide bonds.